The third kappa shape index (κ3) is 2.17. The summed E-state index contributed by atoms with van der Waals surface area (Å²) >= 11 is 0. The molecule has 0 saturated carbocycles. The highest BCUT2D eigenvalue weighted by atomic mass is 16.5. The molecule has 1 aromatic carbocycles. The average Bonchev–Trinajstić information content (AvgIpc) is 2.38. The molecular formula is C14H22N2O. The third-order valence-electron chi connectivity index (χ3n) is 3.83. The van der Waals surface area contributed by atoms with Gasteiger partial charge >= 0.3 is 0 Å². The Morgan fingerprint density at radius 2 is 2.24 bits per heavy atom. The molecule has 1 aliphatic rings. The van der Waals surface area contributed by atoms with Crippen molar-refractivity contribution in [3.05, 3.63) is 28.8 Å². The summed E-state index contributed by atoms with van der Waals surface area (Å²) < 4.78 is 5.42. The van der Waals surface area contributed by atoms with Gasteiger partial charge in [0.1, 0.15) is 5.75 Å². The van der Waals surface area contributed by atoms with Crippen LogP contribution in [0.4, 0.5) is 0 Å². The Morgan fingerprint density at radius 1 is 1.47 bits per heavy atom. The van der Waals surface area contributed by atoms with Crippen LogP contribution >= 0.6 is 0 Å². The van der Waals surface area contributed by atoms with E-state index >= 15 is 0 Å². The lowest BCUT2D eigenvalue weighted by molar-refractivity contribution is 0.209. The molecule has 0 radical (unpaired) electrons. The van der Waals surface area contributed by atoms with Crippen LogP contribution in [-0.2, 0) is 13.0 Å². The van der Waals surface area contributed by atoms with Gasteiger partial charge in [0.05, 0.1) is 7.11 Å². The quantitative estimate of drug-likeness (QED) is 0.870. The van der Waals surface area contributed by atoms with Crippen molar-refractivity contribution in [2.45, 2.75) is 32.9 Å². The van der Waals surface area contributed by atoms with E-state index in [-0.39, 0.29) is 0 Å². The number of methoxy groups -OCH3 is 1. The Labute approximate surface area is 104 Å². The fourth-order valence-corrected chi connectivity index (χ4v) is 2.73. The van der Waals surface area contributed by atoms with Gasteiger partial charge in [0.15, 0.2) is 0 Å². The van der Waals surface area contributed by atoms with Crippen LogP contribution in [0.3, 0.4) is 0 Å². The third-order valence-corrected chi connectivity index (χ3v) is 3.83. The average molecular weight is 234 g/mol. The minimum Gasteiger partial charge on any atom is -0.496 e. The summed E-state index contributed by atoms with van der Waals surface area (Å²) in [4.78, 5) is 2.49. The summed E-state index contributed by atoms with van der Waals surface area (Å²) in [5, 5.41) is 0. The van der Waals surface area contributed by atoms with Gasteiger partial charge in [0.25, 0.3) is 0 Å². The number of likely N-dealkylation sites (N-methyl/N-ethyl adjacent to an activating group) is 1. The fourth-order valence-electron chi connectivity index (χ4n) is 2.73. The van der Waals surface area contributed by atoms with E-state index in [1.54, 1.807) is 7.11 Å². The van der Waals surface area contributed by atoms with Crippen molar-refractivity contribution in [3.8, 4) is 5.75 Å². The molecule has 1 heterocycles. The second kappa shape index (κ2) is 5.07. The highest BCUT2D eigenvalue weighted by molar-refractivity contribution is 5.45. The maximum Gasteiger partial charge on any atom is 0.123 e. The lowest BCUT2D eigenvalue weighted by Gasteiger charge is -2.35. The molecule has 0 aromatic heterocycles. The molecule has 0 aliphatic carbocycles. The first kappa shape index (κ1) is 12.4. The summed E-state index contributed by atoms with van der Waals surface area (Å²) in [6.07, 6.45) is 1.12. The summed E-state index contributed by atoms with van der Waals surface area (Å²) in [7, 11) is 1.71. The van der Waals surface area contributed by atoms with E-state index in [0.29, 0.717) is 12.6 Å². The van der Waals surface area contributed by atoms with E-state index in [4.69, 9.17) is 10.5 Å². The molecule has 0 bridgehead atoms. The Morgan fingerprint density at radius 3 is 2.82 bits per heavy atom. The van der Waals surface area contributed by atoms with E-state index in [1.165, 1.54) is 11.1 Å². The van der Waals surface area contributed by atoms with Gasteiger partial charge in [-0.3, -0.25) is 4.90 Å². The maximum atomic E-state index is 5.76. The molecule has 0 spiro atoms. The summed E-state index contributed by atoms with van der Waals surface area (Å²) in [5.41, 5.74) is 9.70. The van der Waals surface area contributed by atoms with Crippen molar-refractivity contribution in [2.75, 3.05) is 20.2 Å². The molecule has 3 nitrogen and oxygen atoms in total. The molecular weight excluding hydrogens is 212 g/mol. The molecule has 3 heteroatoms. The topological polar surface area (TPSA) is 38.5 Å². The van der Waals surface area contributed by atoms with Gasteiger partial charge in [-0.2, -0.15) is 0 Å². The zero-order valence-corrected chi connectivity index (χ0v) is 11.0. The normalized spacial score (nSPS) is 20.1. The predicted octanol–water partition coefficient (Wildman–Crippen LogP) is 2.09. The minimum absolute atomic E-state index is 0.476. The molecule has 1 aromatic rings. The van der Waals surface area contributed by atoms with Gasteiger partial charge in [-0.15, -0.1) is 0 Å². The molecule has 1 unspecified atom stereocenters. The molecule has 17 heavy (non-hydrogen) atoms. The Bertz CT molecular complexity index is 403. The minimum atomic E-state index is 0.476. The first-order valence-electron chi connectivity index (χ1n) is 6.35. The van der Waals surface area contributed by atoms with E-state index in [1.807, 2.05) is 0 Å². The van der Waals surface area contributed by atoms with E-state index in [0.717, 1.165) is 30.8 Å². The monoisotopic (exact) mass is 234 g/mol. The number of fused-ring (bicyclic) bond motifs is 1. The Balaban J connectivity index is 2.43. The number of ether oxygens (including phenoxy) is 1. The van der Waals surface area contributed by atoms with E-state index in [9.17, 15) is 0 Å². The van der Waals surface area contributed by atoms with E-state index < -0.39 is 0 Å². The zero-order valence-electron chi connectivity index (χ0n) is 11.0. The van der Waals surface area contributed by atoms with Crippen LogP contribution in [-0.4, -0.2) is 25.1 Å². The van der Waals surface area contributed by atoms with E-state index in [2.05, 4.69) is 30.9 Å². The molecule has 0 saturated heterocycles. The van der Waals surface area contributed by atoms with Crippen LogP contribution in [0.2, 0.25) is 0 Å². The van der Waals surface area contributed by atoms with Gasteiger partial charge in [0.2, 0.25) is 0 Å². The molecule has 2 rings (SSSR count). The van der Waals surface area contributed by atoms with Crippen LogP contribution in [0.15, 0.2) is 12.1 Å². The molecule has 94 valence electrons. The van der Waals surface area contributed by atoms with Crippen molar-refractivity contribution in [1.82, 2.24) is 4.90 Å². The Kier molecular flexibility index (Phi) is 3.69. The zero-order chi connectivity index (χ0) is 12.4. The lowest BCUT2D eigenvalue weighted by Crippen LogP contribution is -2.33. The number of benzene rings is 1. The second-order valence-corrected chi connectivity index (χ2v) is 4.62. The van der Waals surface area contributed by atoms with Gasteiger partial charge in [-0.1, -0.05) is 13.0 Å². The summed E-state index contributed by atoms with van der Waals surface area (Å²) in [6.45, 7) is 7.26. The lowest BCUT2D eigenvalue weighted by atomic mass is 9.91. The largest absolute Gasteiger partial charge is 0.496 e. The van der Waals surface area contributed by atoms with Crippen molar-refractivity contribution < 1.29 is 4.74 Å². The van der Waals surface area contributed by atoms with Gasteiger partial charge in [-0.25, -0.2) is 0 Å². The second-order valence-electron chi connectivity index (χ2n) is 4.62. The summed E-state index contributed by atoms with van der Waals surface area (Å²) in [5.74, 6) is 0.927. The maximum absolute atomic E-state index is 5.76. The SMILES string of the molecule is CCN1CCc2cc(CN)c(OC)cc2C1C. The molecule has 0 fully saturated rings. The highest BCUT2D eigenvalue weighted by Gasteiger charge is 2.23. The number of nitrogens with zero attached hydrogens (tertiary/aromatic N) is 1. The molecule has 0 amide bonds. The van der Waals surface area contributed by atoms with Crippen molar-refractivity contribution >= 4 is 0 Å². The number of rotatable bonds is 3. The Hall–Kier alpha value is -1.06. The first-order valence-corrected chi connectivity index (χ1v) is 6.35. The number of hydrogen-bond donors (Lipinski definition) is 1. The highest BCUT2D eigenvalue weighted by Crippen LogP contribution is 2.33. The van der Waals surface area contributed by atoms with Crippen LogP contribution in [0, 0.1) is 0 Å². The van der Waals surface area contributed by atoms with Crippen molar-refractivity contribution in [1.29, 1.82) is 0 Å². The smallest absolute Gasteiger partial charge is 0.123 e. The molecule has 1 aliphatic heterocycles. The molecule has 1 atom stereocenters. The predicted molar refractivity (Wildman–Crippen MR) is 70.3 cm³/mol. The fraction of sp³-hybridized carbons (Fsp3) is 0.571. The molecule has 2 N–H and O–H groups in total. The number of nitrogens with two attached hydrogens (primary N) is 1. The number of hydrogen-bond acceptors (Lipinski definition) is 3. The van der Waals surface area contributed by atoms with Gasteiger partial charge in [-0.05, 0) is 37.1 Å². The van der Waals surface area contributed by atoms with Crippen LogP contribution in [0.25, 0.3) is 0 Å². The van der Waals surface area contributed by atoms with Crippen molar-refractivity contribution in [2.24, 2.45) is 5.73 Å². The van der Waals surface area contributed by atoms with Crippen LogP contribution in [0.1, 0.15) is 36.6 Å². The van der Waals surface area contributed by atoms with Crippen LogP contribution in [0.5, 0.6) is 5.75 Å². The first-order chi connectivity index (χ1) is 8.21. The van der Waals surface area contributed by atoms with Gasteiger partial charge in [0, 0.05) is 24.7 Å². The van der Waals surface area contributed by atoms with Crippen LogP contribution < -0.4 is 10.5 Å². The summed E-state index contributed by atoms with van der Waals surface area (Å²) in [6, 6.07) is 4.87. The van der Waals surface area contributed by atoms with Crippen molar-refractivity contribution in [3.63, 3.8) is 0 Å². The van der Waals surface area contributed by atoms with Gasteiger partial charge < -0.3 is 10.5 Å². The standard InChI is InChI=1S/C14H22N2O/c1-4-16-6-5-11-7-12(9-15)14(17-3)8-13(11)10(16)2/h7-8,10H,4-6,9,15H2,1-3H3.